The van der Waals surface area contributed by atoms with Crippen LogP contribution in [0.1, 0.15) is 33.9 Å². The van der Waals surface area contributed by atoms with E-state index >= 15 is 0 Å². The van der Waals surface area contributed by atoms with E-state index < -0.39 is 29.5 Å². The summed E-state index contributed by atoms with van der Waals surface area (Å²) in [5.74, 6) is -1.16. The molecule has 0 saturated carbocycles. The van der Waals surface area contributed by atoms with Crippen molar-refractivity contribution in [3.63, 3.8) is 0 Å². The Morgan fingerprint density at radius 3 is 2.62 bits per heavy atom. The lowest BCUT2D eigenvalue weighted by Gasteiger charge is -2.23. The first-order chi connectivity index (χ1) is 13.8. The fourth-order valence-electron chi connectivity index (χ4n) is 3.58. The van der Waals surface area contributed by atoms with Crippen LogP contribution in [0.15, 0.2) is 59.0 Å². The summed E-state index contributed by atoms with van der Waals surface area (Å²) in [5, 5.41) is 11.4. The molecular formula is C22H17ClFNO4. The van der Waals surface area contributed by atoms with Crippen LogP contribution in [-0.2, 0) is 16.9 Å². The van der Waals surface area contributed by atoms with Gasteiger partial charge < -0.3 is 14.4 Å². The lowest BCUT2D eigenvalue weighted by atomic mass is 9.89. The second kappa shape index (κ2) is 7.13. The molecular weight excluding hydrogens is 397 g/mol. The molecule has 1 aliphatic rings. The Hall–Kier alpha value is -2.96. The molecule has 2 aromatic carbocycles. The number of furan rings is 1. The normalized spacial score (nSPS) is 18.2. The van der Waals surface area contributed by atoms with E-state index in [1.54, 1.807) is 37.3 Å². The number of anilines is 1. The van der Waals surface area contributed by atoms with Crippen LogP contribution in [-0.4, -0.2) is 16.8 Å². The van der Waals surface area contributed by atoms with Gasteiger partial charge in [-0.1, -0.05) is 35.9 Å². The maximum absolute atomic E-state index is 14.3. The highest BCUT2D eigenvalue weighted by Crippen LogP contribution is 2.44. The zero-order valence-corrected chi connectivity index (χ0v) is 16.2. The number of aliphatic hydroxyl groups is 1. The number of benzene rings is 2. The molecule has 1 aromatic heterocycles. The van der Waals surface area contributed by atoms with E-state index in [2.05, 4.69) is 0 Å². The monoisotopic (exact) mass is 413 g/mol. The number of carbonyl (C=O) groups is 2. The molecule has 0 fully saturated rings. The Morgan fingerprint density at radius 2 is 1.93 bits per heavy atom. The highest BCUT2D eigenvalue weighted by molar-refractivity contribution is 6.31. The fraction of sp³-hybridized carbons (Fsp3) is 0.182. The zero-order valence-electron chi connectivity index (χ0n) is 15.5. The Bertz CT molecular complexity index is 1110. The first kappa shape index (κ1) is 19.4. The van der Waals surface area contributed by atoms with Gasteiger partial charge >= 0.3 is 0 Å². The minimum Gasteiger partial charge on any atom is -0.458 e. The van der Waals surface area contributed by atoms with Crippen LogP contribution in [0.3, 0.4) is 0 Å². The van der Waals surface area contributed by atoms with Crippen LogP contribution < -0.4 is 4.90 Å². The van der Waals surface area contributed by atoms with Crippen molar-refractivity contribution in [1.82, 2.24) is 0 Å². The Kier molecular flexibility index (Phi) is 4.76. The van der Waals surface area contributed by atoms with Gasteiger partial charge in [0, 0.05) is 16.1 Å². The number of fused-ring (bicyclic) bond motifs is 1. The van der Waals surface area contributed by atoms with Gasteiger partial charge in [0.1, 0.15) is 11.6 Å². The summed E-state index contributed by atoms with van der Waals surface area (Å²) in [6.45, 7) is 1.53. The standard InChI is InChI=1S/C22H17ClFNO4/c1-13-9-10-20(29-13)19(26)11-22(28)15-5-2-3-8-18(15)25(21(22)27)12-14-16(23)6-4-7-17(14)24/h2-10,28H,11-12H2,1H3. The van der Waals surface area contributed by atoms with Gasteiger partial charge in [-0.15, -0.1) is 0 Å². The van der Waals surface area contributed by atoms with Crippen molar-refractivity contribution < 1.29 is 23.5 Å². The smallest absolute Gasteiger partial charge is 0.264 e. The Balaban J connectivity index is 1.71. The Labute approximate surface area is 171 Å². The van der Waals surface area contributed by atoms with E-state index in [1.165, 1.54) is 29.2 Å². The number of para-hydroxylation sites is 1. The first-order valence-electron chi connectivity index (χ1n) is 8.97. The van der Waals surface area contributed by atoms with E-state index in [9.17, 15) is 19.1 Å². The third-order valence-electron chi connectivity index (χ3n) is 5.05. The van der Waals surface area contributed by atoms with E-state index in [-0.39, 0.29) is 28.5 Å². The quantitative estimate of drug-likeness (QED) is 0.630. The van der Waals surface area contributed by atoms with Crippen molar-refractivity contribution in [2.24, 2.45) is 0 Å². The number of carbonyl (C=O) groups excluding carboxylic acids is 2. The molecule has 4 rings (SSSR count). The summed E-state index contributed by atoms with van der Waals surface area (Å²) in [6, 6.07) is 14.0. The van der Waals surface area contributed by atoms with Gasteiger partial charge in [0.05, 0.1) is 18.7 Å². The number of amides is 1. The molecule has 1 N–H and O–H groups in total. The number of Topliss-reactive ketones (excluding diaryl/α,β-unsaturated/α-hetero) is 1. The van der Waals surface area contributed by atoms with Crippen LogP contribution in [0.4, 0.5) is 10.1 Å². The third-order valence-corrected chi connectivity index (χ3v) is 5.40. The maximum Gasteiger partial charge on any atom is 0.264 e. The second-order valence-corrected chi connectivity index (χ2v) is 7.39. The zero-order chi connectivity index (χ0) is 20.8. The molecule has 0 radical (unpaired) electrons. The lowest BCUT2D eigenvalue weighted by Crippen LogP contribution is -2.41. The number of ketones is 1. The summed E-state index contributed by atoms with van der Waals surface area (Å²) in [6.07, 6.45) is -0.489. The number of rotatable bonds is 5. The topological polar surface area (TPSA) is 70.8 Å². The number of hydrogen-bond acceptors (Lipinski definition) is 4. The molecule has 7 heteroatoms. The van der Waals surface area contributed by atoms with Gasteiger partial charge in [-0.05, 0) is 37.3 Å². The average Bonchev–Trinajstić information content (AvgIpc) is 3.21. The molecule has 2 heterocycles. The average molecular weight is 414 g/mol. The molecule has 5 nitrogen and oxygen atoms in total. The highest BCUT2D eigenvalue weighted by atomic mass is 35.5. The molecule has 148 valence electrons. The van der Waals surface area contributed by atoms with Gasteiger partial charge in [0.15, 0.2) is 11.4 Å². The maximum atomic E-state index is 14.3. The Morgan fingerprint density at radius 1 is 1.17 bits per heavy atom. The summed E-state index contributed by atoms with van der Waals surface area (Å²) in [5.41, 5.74) is -1.25. The SMILES string of the molecule is Cc1ccc(C(=O)CC2(O)C(=O)N(Cc3c(F)cccc3Cl)c3ccccc32)o1. The molecule has 0 saturated heterocycles. The molecule has 0 aliphatic carbocycles. The lowest BCUT2D eigenvalue weighted by molar-refractivity contribution is -0.136. The van der Waals surface area contributed by atoms with Crippen LogP contribution in [0.5, 0.6) is 0 Å². The summed E-state index contributed by atoms with van der Waals surface area (Å²) in [4.78, 5) is 27.1. The molecule has 1 amide bonds. The fourth-order valence-corrected chi connectivity index (χ4v) is 3.80. The number of aryl methyl sites for hydroxylation is 1. The summed E-state index contributed by atoms with van der Waals surface area (Å²) < 4.78 is 19.6. The number of halogens is 2. The molecule has 0 spiro atoms. The summed E-state index contributed by atoms with van der Waals surface area (Å²) >= 11 is 6.11. The van der Waals surface area contributed by atoms with E-state index in [0.717, 1.165) is 0 Å². The molecule has 1 unspecified atom stereocenters. The van der Waals surface area contributed by atoms with Crippen molar-refractivity contribution in [3.8, 4) is 0 Å². The van der Waals surface area contributed by atoms with Crippen LogP contribution >= 0.6 is 11.6 Å². The van der Waals surface area contributed by atoms with Crippen LogP contribution in [0.2, 0.25) is 5.02 Å². The van der Waals surface area contributed by atoms with Crippen LogP contribution in [0.25, 0.3) is 0 Å². The second-order valence-electron chi connectivity index (χ2n) is 6.98. The van der Waals surface area contributed by atoms with Gasteiger partial charge in [-0.2, -0.15) is 0 Å². The van der Waals surface area contributed by atoms with Crippen molar-refractivity contribution in [2.75, 3.05) is 4.90 Å². The van der Waals surface area contributed by atoms with Gasteiger partial charge in [0.2, 0.25) is 5.78 Å². The predicted molar refractivity (Wildman–Crippen MR) is 105 cm³/mol. The number of hydrogen-bond donors (Lipinski definition) is 1. The van der Waals surface area contributed by atoms with Crippen LogP contribution in [0, 0.1) is 12.7 Å². The van der Waals surface area contributed by atoms with Crippen molar-refractivity contribution in [2.45, 2.75) is 25.5 Å². The first-order valence-corrected chi connectivity index (χ1v) is 9.35. The van der Waals surface area contributed by atoms with E-state index in [1.807, 2.05) is 0 Å². The van der Waals surface area contributed by atoms with Gasteiger partial charge in [-0.3, -0.25) is 9.59 Å². The van der Waals surface area contributed by atoms with E-state index in [0.29, 0.717) is 11.4 Å². The molecule has 1 atom stereocenters. The number of nitrogens with zero attached hydrogens (tertiary/aromatic N) is 1. The molecule has 0 bridgehead atoms. The van der Waals surface area contributed by atoms with Crippen molar-refractivity contribution in [3.05, 3.63) is 88.1 Å². The molecule has 1 aliphatic heterocycles. The highest BCUT2D eigenvalue weighted by Gasteiger charge is 2.51. The largest absolute Gasteiger partial charge is 0.458 e. The molecule has 29 heavy (non-hydrogen) atoms. The third kappa shape index (κ3) is 3.24. The summed E-state index contributed by atoms with van der Waals surface area (Å²) in [7, 11) is 0. The minimum absolute atomic E-state index is 0.0665. The minimum atomic E-state index is -2.08. The van der Waals surface area contributed by atoms with Gasteiger partial charge in [-0.25, -0.2) is 4.39 Å². The predicted octanol–water partition coefficient (Wildman–Crippen LogP) is 4.39. The van der Waals surface area contributed by atoms with Gasteiger partial charge in [0.25, 0.3) is 5.91 Å². The van der Waals surface area contributed by atoms with Crippen molar-refractivity contribution >= 4 is 29.0 Å². The van der Waals surface area contributed by atoms with E-state index in [4.69, 9.17) is 16.0 Å². The molecule has 3 aromatic rings. The van der Waals surface area contributed by atoms with Crippen molar-refractivity contribution in [1.29, 1.82) is 0 Å².